The second kappa shape index (κ2) is 3.16. The molecule has 1 aliphatic rings. The van der Waals surface area contributed by atoms with Crippen molar-refractivity contribution in [2.24, 2.45) is 17.3 Å². The van der Waals surface area contributed by atoms with Crippen LogP contribution in [0.4, 0.5) is 0 Å². The van der Waals surface area contributed by atoms with Crippen molar-refractivity contribution in [3.63, 3.8) is 0 Å². The molecular weight excluding hydrogens is 132 g/mol. The second-order valence-corrected chi connectivity index (χ2v) is 4.69. The van der Waals surface area contributed by atoms with Gasteiger partial charge in [-0.25, -0.2) is 0 Å². The summed E-state index contributed by atoms with van der Waals surface area (Å²) >= 11 is 0. The molecule has 1 aliphatic carbocycles. The summed E-state index contributed by atoms with van der Waals surface area (Å²) in [5.74, 6) is 1.86. The van der Waals surface area contributed by atoms with Crippen LogP contribution in [0.5, 0.6) is 0 Å². The molecule has 0 amide bonds. The first kappa shape index (κ1) is 9.09. The lowest BCUT2D eigenvalue weighted by Crippen LogP contribution is -1.96. The molecule has 2 unspecified atom stereocenters. The van der Waals surface area contributed by atoms with Gasteiger partial charge in [0.15, 0.2) is 0 Å². The fourth-order valence-electron chi connectivity index (χ4n) is 1.59. The monoisotopic (exact) mass is 153 g/mol. The van der Waals surface area contributed by atoms with Gasteiger partial charge < -0.3 is 0 Å². The van der Waals surface area contributed by atoms with Crippen molar-refractivity contribution in [1.82, 2.24) is 0 Å². The van der Waals surface area contributed by atoms with Gasteiger partial charge in [0.05, 0.1) is 0 Å². The average Bonchev–Trinajstić information content (AvgIpc) is 2.54. The van der Waals surface area contributed by atoms with E-state index in [4.69, 9.17) is 0 Å². The zero-order valence-electron chi connectivity index (χ0n) is 8.35. The molecule has 1 rings (SSSR count). The van der Waals surface area contributed by atoms with E-state index in [-0.39, 0.29) is 0 Å². The van der Waals surface area contributed by atoms with Crippen molar-refractivity contribution in [3.05, 3.63) is 6.42 Å². The summed E-state index contributed by atoms with van der Waals surface area (Å²) < 4.78 is 0. The molecular formula is C11H21. The zero-order valence-corrected chi connectivity index (χ0v) is 8.35. The average molecular weight is 153 g/mol. The van der Waals surface area contributed by atoms with Gasteiger partial charge in [0.2, 0.25) is 0 Å². The van der Waals surface area contributed by atoms with E-state index in [1.165, 1.54) is 19.3 Å². The van der Waals surface area contributed by atoms with Gasteiger partial charge in [-0.05, 0) is 30.1 Å². The van der Waals surface area contributed by atoms with Crippen molar-refractivity contribution < 1.29 is 0 Å². The van der Waals surface area contributed by atoms with Crippen LogP contribution in [0.1, 0.15) is 47.0 Å². The molecule has 0 nitrogen and oxygen atoms in total. The van der Waals surface area contributed by atoms with Gasteiger partial charge in [0.25, 0.3) is 0 Å². The molecule has 0 aromatic carbocycles. The molecule has 11 heavy (non-hydrogen) atoms. The van der Waals surface area contributed by atoms with Crippen LogP contribution in [-0.2, 0) is 0 Å². The van der Waals surface area contributed by atoms with Crippen LogP contribution >= 0.6 is 0 Å². The van der Waals surface area contributed by atoms with Crippen molar-refractivity contribution >= 4 is 0 Å². The highest BCUT2D eigenvalue weighted by Crippen LogP contribution is 2.53. The maximum absolute atomic E-state index is 2.48. The van der Waals surface area contributed by atoms with E-state index in [0.29, 0.717) is 5.41 Å². The predicted octanol–water partition coefficient (Wildman–Crippen LogP) is 3.67. The van der Waals surface area contributed by atoms with Gasteiger partial charge in [-0.3, -0.25) is 0 Å². The van der Waals surface area contributed by atoms with Crippen LogP contribution in [0.2, 0.25) is 0 Å². The molecule has 0 heteroatoms. The Bertz CT molecular complexity index is 124. The fourth-order valence-corrected chi connectivity index (χ4v) is 1.59. The van der Waals surface area contributed by atoms with E-state index in [1.807, 2.05) is 0 Å². The fraction of sp³-hybridized carbons (Fsp3) is 0.909. The summed E-state index contributed by atoms with van der Waals surface area (Å²) in [5, 5.41) is 0. The molecule has 0 bridgehead atoms. The van der Waals surface area contributed by atoms with Gasteiger partial charge in [-0.1, -0.05) is 40.5 Å². The minimum atomic E-state index is 0.577. The Morgan fingerprint density at radius 3 is 2.36 bits per heavy atom. The van der Waals surface area contributed by atoms with Crippen molar-refractivity contribution in [2.45, 2.75) is 47.0 Å². The predicted molar refractivity (Wildman–Crippen MR) is 50.3 cm³/mol. The maximum atomic E-state index is 2.48. The van der Waals surface area contributed by atoms with Gasteiger partial charge in [0, 0.05) is 0 Å². The van der Waals surface area contributed by atoms with Crippen LogP contribution in [0.3, 0.4) is 0 Å². The highest BCUT2D eigenvalue weighted by atomic mass is 14.5. The van der Waals surface area contributed by atoms with Gasteiger partial charge >= 0.3 is 0 Å². The van der Waals surface area contributed by atoms with Crippen molar-refractivity contribution in [2.75, 3.05) is 0 Å². The summed E-state index contributed by atoms with van der Waals surface area (Å²) in [4.78, 5) is 0. The first-order valence-electron chi connectivity index (χ1n) is 4.92. The zero-order chi connectivity index (χ0) is 8.48. The van der Waals surface area contributed by atoms with E-state index in [9.17, 15) is 0 Å². The number of hydrogen-bond donors (Lipinski definition) is 0. The minimum absolute atomic E-state index is 0.577. The third kappa shape index (κ3) is 2.50. The third-order valence-corrected chi connectivity index (χ3v) is 3.14. The molecule has 0 aromatic heterocycles. The third-order valence-electron chi connectivity index (χ3n) is 3.14. The van der Waals surface area contributed by atoms with E-state index in [0.717, 1.165) is 11.8 Å². The molecule has 0 aliphatic heterocycles. The Labute approximate surface area is 71.4 Å². The molecule has 0 aromatic rings. The summed E-state index contributed by atoms with van der Waals surface area (Å²) in [6.07, 6.45) is 6.66. The lowest BCUT2D eigenvalue weighted by atomic mass is 9.98. The molecule has 0 spiro atoms. The molecule has 0 saturated heterocycles. The molecule has 1 radical (unpaired) electrons. The lowest BCUT2D eigenvalue weighted by molar-refractivity contribution is 0.440. The van der Waals surface area contributed by atoms with Crippen LogP contribution in [0.25, 0.3) is 0 Å². The molecule has 2 atom stereocenters. The smallest absolute Gasteiger partial charge is 0.0289 e. The SMILES string of the molecule is CCC(C)CCC1[CH]C1(C)C. The van der Waals surface area contributed by atoms with Crippen molar-refractivity contribution in [3.8, 4) is 0 Å². The molecule has 0 N–H and O–H groups in total. The Balaban J connectivity index is 2.06. The molecule has 1 saturated carbocycles. The Morgan fingerprint density at radius 1 is 1.45 bits per heavy atom. The van der Waals surface area contributed by atoms with Gasteiger partial charge in [0.1, 0.15) is 0 Å². The Morgan fingerprint density at radius 2 is 2.00 bits per heavy atom. The standard InChI is InChI=1S/C11H21/c1-5-9(2)6-7-10-8-11(10,3)4/h8-10H,5-7H2,1-4H3. The highest BCUT2D eigenvalue weighted by molar-refractivity contribution is 5.12. The lowest BCUT2D eigenvalue weighted by Gasteiger charge is -2.08. The largest absolute Gasteiger partial charge is 0.0651 e. The summed E-state index contributed by atoms with van der Waals surface area (Å²) in [7, 11) is 0. The maximum Gasteiger partial charge on any atom is -0.0289 e. The van der Waals surface area contributed by atoms with Crippen LogP contribution < -0.4 is 0 Å². The highest BCUT2D eigenvalue weighted by Gasteiger charge is 2.45. The topological polar surface area (TPSA) is 0 Å². The summed E-state index contributed by atoms with van der Waals surface area (Å²) in [6.45, 7) is 9.32. The Kier molecular flexibility index (Phi) is 2.61. The number of hydrogen-bond acceptors (Lipinski definition) is 0. The van der Waals surface area contributed by atoms with E-state index in [1.54, 1.807) is 0 Å². The normalized spacial score (nSPS) is 30.0. The molecule has 65 valence electrons. The summed E-state index contributed by atoms with van der Waals surface area (Å²) in [6, 6.07) is 0. The number of rotatable bonds is 4. The molecule has 0 heterocycles. The van der Waals surface area contributed by atoms with E-state index in [2.05, 4.69) is 34.1 Å². The quantitative estimate of drug-likeness (QED) is 0.578. The minimum Gasteiger partial charge on any atom is -0.0651 e. The first-order valence-corrected chi connectivity index (χ1v) is 4.92. The van der Waals surface area contributed by atoms with Crippen LogP contribution in [0, 0.1) is 23.7 Å². The van der Waals surface area contributed by atoms with Gasteiger partial charge in [-0.15, -0.1) is 0 Å². The van der Waals surface area contributed by atoms with Crippen molar-refractivity contribution in [1.29, 1.82) is 0 Å². The second-order valence-electron chi connectivity index (χ2n) is 4.69. The van der Waals surface area contributed by atoms with Crippen LogP contribution in [-0.4, -0.2) is 0 Å². The van der Waals surface area contributed by atoms with Crippen LogP contribution in [0.15, 0.2) is 0 Å². The van der Waals surface area contributed by atoms with E-state index < -0.39 is 0 Å². The summed E-state index contributed by atoms with van der Waals surface area (Å²) in [5.41, 5.74) is 0.577. The molecule has 1 fully saturated rings. The van der Waals surface area contributed by atoms with Gasteiger partial charge in [-0.2, -0.15) is 0 Å². The first-order chi connectivity index (χ1) is 5.06. The Hall–Kier alpha value is 0. The van der Waals surface area contributed by atoms with E-state index >= 15 is 0 Å².